The van der Waals surface area contributed by atoms with Gasteiger partial charge in [-0.2, -0.15) is 0 Å². The van der Waals surface area contributed by atoms with Crippen LogP contribution < -0.4 is 5.32 Å². The van der Waals surface area contributed by atoms with Crippen LogP contribution in [0.15, 0.2) is 16.7 Å². The lowest BCUT2D eigenvalue weighted by molar-refractivity contribution is 0.155. The summed E-state index contributed by atoms with van der Waals surface area (Å²) in [5.74, 6) is 1.69. The predicted molar refractivity (Wildman–Crippen MR) is 73.5 cm³/mol. The van der Waals surface area contributed by atoms with Crippen molar-refractivity contribution in [2.45, 2.75) is 26.9 Å². The Bertz CT molecular complexity index is 323. The van der Waals surface area contributed by atoms with Crippen LogP contribution in [-0.2, 0) is 17.8 Å². The summed E-state index contributed by atoms with van der Waals surface area (Å²) in [4.78, 5) is 2.19. The Kier molecular flexibility index (Phi) is 7.01. The van der Waals surface area contributed by atoms with E-state index in [9.17, 15) is 0 Å². The Morgan fingerprint density at radius 1 is 1.44 bits per heavy atom. The Balaban J connectivity index is 2.29. The van der Waals surface area contributed by atoms with Gasteiger partial charge in [-0.3, -0.25) is 4.90 Å². The Morgan fingerprint density at radius 3 is 2.89 bits per heavy atom. The maximum atomic E-state index is 5.55. The Morgan fingerprint density at radius 2 is 2.22 bits per heavy atom. The number of furan rings is 1. The third-order valence-corrected chi connectivity index (χ3v) is 2.69. The van der Waals surface area contributed by atoms with Crippen molar-refractivity contribution in [3.8, 4) is 0 Å². The van der Waals surface area contributed by atoms with Gasteiger partial charge in [0, 0.05) is 25.8 Å². The smallest absolute Gasteiger partial charge is 0.118 e. The molecule has 0 unspecified atom stereocenters. The van der Waals surface area contributed by atoms with Gasteiger partial charge in [-0.25, -0.2) is 0 Å². The fourth-order valence-electron chi connectivity index (χ4n) is 1.70. The molecule has 0 aliphatic heterocycles. The standard InChI is InChI=1S/C14H26N2O2/c1-12(2)8-15-9-13-7-14(18-11-13)10-16(3)5-6-17-4/h7,11-12,15H,5-6,8-10H2,1-4H3. The quantitative estimate of drug-likeness (QED) is 0.732. The van der Waals surface area contributed by atoms with Crippen LogP contribution in [0.3, 0.4) is 0 Å². The van der Waals surface area contributed by atoms with Crippen LogP contribution in [0.2, 0.25) is 0 Å². The van der Waals surface area contributed by atoms with Crippen LogP contribution >= 0.6 is 0 Å². The minimum atomic E-state index is 0.677. The van der Waals surface area contributed by atoms with Crippen LogP contribution in [0.25, 0.3) is 0 Å². The monoisotopic (exact) mass is 254 g/mol. The Labute approximate surface area is 110 Å². The number of rotatable bonds is 9. The van der Waals surface area contributed by atoms with Gasteiger partial charge < -0.3 is 14.5 Å². The molecule has 18 heavy (non-hydrogen) atoms. The molecule has 1 N–H and O–H groups in total. The van der Waals surface area contributed by atoms with E-state index in [2.05, 4.69) is 37.2 Å². The summed E-state index contributed by atoms with van der Waals surface area (Å²) in [6, 6.07) is 2.12. The average Bonchev–Trinajstić information content (AvgIpc) is 2.73. The highest BCUT2D eigenvalue weighted by molar-refractivity contribution is 5.12. The van der Waals surface area contributed by atoms with Gasteiger partial charge in [0.25, 0.3) is 0 Å². The van der Waals surface area contributed by atoms with E-state index in [4.69, 9.17) is 9.15 Å². The molecule has 0 aromatic carbocycles. The molecule has 0 amide bonds. The van der Waals surface area contributed by atoms with Crippen molar-refractivity contribution in [3.63, 3.8) is 0 Å². The molecule has 0 saturated carbocycles. The van der Waals surface area contributed by atoms with Crippen LogP contribution in [0.4, 0.5) is 0 Å². The summed E-state index contributed by atoms with van der Waals surface area (Å²) in [5, 5.41) is 3.41. The molecule has 0 aliphatic carbocycles. The second kappa shape index (κ2) is 8.29. The van der Waals surface area contributed by atoms with Crippen LogP contribution in [-0.4, -0.2) is 38.8 Å². The van der Waals surface area contributed by atoms with E-state index in [1.54, 1.807) is 7.11 Å². The molecular weight excluding hydrogens is 228 g/mol. The molecule has 1 aromatic heterocycles. The number of nitrogens with one attached hydrogen (secondary N) is 1. The van der Waals surface area contributed by atoms with Crippen molar-refractivity contribution in [1.29, 1.82) is 0 Å². The van der Waals surface area contributed by atoms with Gasteiger partial charge in [0.1, 0.15) is 5.76 Å². The molecule has 1 heterocycles. The molecule has 1 aromatic rings. The largest absolute Gasteiger partial charge is 0.468 e. The van der Waals surface area contributed by atoms with E-state index >= 15 is 0 Å². The number of hydrogen-bond donors (Lipinski definition) is 1. The topological polar surface area (TPSA) is 37.6 Å². The molecule has 0 spiro atoms. The summed E-state index contributed by atoms with van der Waals surface area (Å²) < 4.78 is 10.6. The SMILES string of the molecule is COCCN(C)Cc1cc(CNCC(C)C)co1. The van der Waals surface area contributed by atoms with E-state index in [1.165, 1.54) is 5.56 Å². The second-order valence-corrected chi connectivity index (χ2v) is 5.18. The van der Waals surface area contributed by atoms with Gasteiger partial charge in [0.05, 0.1) is 19.4 Å². The highest BCUT2D eigenvalue weighted by Gasteiger charge is 2.05. The third kappa shape index (κ3) is 6.19. The highest BCUT2D eigenvalue weighted by atomic mass is 16.5. The number of likely N-dealkylation sites (N-methyl/N-ethyl adjacent to an activating group) is 1. The second-order valence-electron chi connectivity index (χ2n) is 5.18. The van der Waals surface area contributed by atoms with Gasteiger partial charge in [0.15, 0.2) is 0 Å². The maximum absolute atomic E-state index is 5.55. The van der Waals surface area contributed by atoms with Crippen molar-refractivity contribution >= 4 is 0 Å². The maximum Gasteiger partial charge on any atom is 0.118 e. The van der Waals surface area contributed by atoms with Gasteiger partial charge in [-0.15, -0.1) is 0 Å². The molecule has 104 valence electrons. The van der Waals surface area contributed by atoms with Crippen molar-refractivity contribution in [1.82, 2.24) is 10.2 Å². The van der Waals surface area contributed by atoms with Gasteiger partial charge in [0.2, 0.25) is 0 Å². The van der Waals surface area contributed by atoms with Crippen molar-refractivity contribution in [2.75, 3.05) is 33.9 Å². The van der Waals surface area contributed by atoms with E-state index in [-0.39, 0.29) is 0 Å². The lowest BCUT2D eigenvalue weighted by Gasteiger charge is -2.13. The minimum Gasteiger partial charge on any atom is -0.468 e. The highest BCUT2D eigenvalue weighted by Crippen LogP contribution is 2.09. The number of methoxy groups -OCH3 is 1. The zero-order valence-corrected chi connectivity index (χ0v) is 12.0. The fourth-order valence-corrected chi connectivity index (χ4v) is 1.70. The summed E-state index contributed by atoms with van der Waals surface area (Å²) in [6.45, 7) is 8.82. The van der Waals surface area contributed by atoms with Crippen molar-refractivity contribution in [2.24, 2.45) is 5.92 Å². The summed E-state index contributed by atoms with van der Waals surface area (Å²) in [7, 11) is 3.79. The molecule has 4 nitrogen and oxygen atoms in total. The fraction of sp³-hybridized carbons (Fsp3) is 0.714. The lowest BCUT2D eigenvalue weighted by Crippen LogP contribution is -2.22. The van der Waals surface area contributed by atoms with E-state index in [1.807, 2.05) is 6.26 Å². The van der Waals surface area contributed by atoms with E-state index < -0.39 is 0 Å². The van der Waals surface area contributed by atoms with Gasteiger partial charge in [-0.1, -0.05) is 13.8 Å². The molecular formula is C14H26N2O2. The number of ether oxygens (including phenoxy) is 1. The van der Waals surface area contributed by atoms with Crippen LogP contribution in [0.1, 0.15) is 25.2 Å². The van der Waals surface area contributed by atoms with Gasteiger partial charge in [-0.05, 0) is 25.6 Å². The summed E-state index contributed by atoms with van der Waals surface area (Å²) in [5.41, 5.74) is 1.21. The molecule has 0 aliphatic rings. The predicted octanol–water partition coefficient (Wildman–Crippen LogP) is 2.10. The lowest BCUT2D eigenvalue weighted by atomic mass is 10.2. The van der Waals surface area contributed by atoms with Crippen molar-refractivity contribution < 1.29 is 9.15 Å². The van der Waals surface area contributed by atoms with E-state index in [0.29, 0.717) is 5.92 Å². The number of nitrogens with zero attached hydrogens (tertiary/aromatic N) is 1. The normalized spacial score (nSPS) is 11.7. The summed E-state index contributed by atoms with van der Waals surface area (Å²) >= 11 is 0. The first kappa shape index (κ1) is 15.2. The molecule has 4 heteroatoms. The van der Waals surface area contributed by atoms with Crippen LogP contribution in [0.5, 0.6) is 0 Å². The first-order valence-corrected chi connectivity index (χ1v) is 6.56. The zero-order valence-electron chi connectivity index (χ0n) is 12.0. The summed E-state index contributed by atoms with van der Waals surface area (Å²) in [6.07, 6.45) is 1.84. The minimum absolute atomic E-state index is 0.677. The zero-order chi connectivity index (χ0) is 13.4. The first-order chi connectivity index (χ1) is 8.61. The van der Waals surface area contributed by atoms with E-state index in [0.717, 1.165) is 38.5 Å². The molecule has 0 fully saturated rings. The molecule has 0 radical (unpaired) electrons. The molecule has 0 bridgehead atoms. The van der Waals surface area contributed by atoms with Gasteiger partial charge >= 0.3 is 0 Å². The molecule has 1 rings (SSSR count). The molecule has 0 atom stereocenters. The number of hydrogen-bond acceptors (Lipinski definition) is 4. The van der Waals surface area contributed by atoms with Crippen molar-refractivity contribution in [3.05, 3.63) is 23.7 Å². The first-order valence-electron chi connectivity index (χ1n) is 6.56. The Hall–Kier alpha value is -0.840. The third-order valence-electron chi connectivity index (χ3n) is 2.69. The molecule has 0 saturated heterocycles. The van der Waals surface area contributed by atoms with Crippen LogP contribution in [0, 0.1) is 5.92 Å². The average molecular weight is 254 g/mol.